The van der Waals surface area contributed by atoms with Gasteiger partial charge in [0, 0.05) is 13.1 Å². The van der Waals surface area contributed by atoms with Crippen LogP contribution in [0.1, 0.15) is 46.4 Å². The van der Waals surface area contributed by atoms with Gasteiger partial charge in [0.25, 0.3) is 11.8 Å². The number of amides is 2. The minimum Gasteiger partial charge on any atom is -0.352 e. The van der Waals surface area contributed by atoms with Crippen molar-refractivity contribution in [2.45, 2.75) is 25.7 Å². The number of nitrogens with one attached hydrogen (secondary N) is 2. The third-order valence-electron chi connectivity index (χ3n) is 3.91. The van der Waals surface area contributed by atoms with Gasteiger partial charge in [0.1, 0.15) is 0 Å². The molecule has 2 amide bonds. The first-order valence-electron chi connectivity index (χ1n) is 8.65. The summed E-state index contributed by atoms with van der Waals surface area (Å²) >= 11 is 12.0. The molecule has 0 unspecified atom stereocenters. The first-order valence-corrected chi connectivity index (χ1v) is 9.40. The van der Waals surface area contributed by atoms with Gasteiger partial charge in [-0.1, -0.05) is 60.3 Å². The van der Waals surface area contributed by atoms with Gasteiger partial charge in [0.15, 0.2) is 0 Å². The predicted molar refractivity (Wildman–Crippen MR) is 106 cm³/mol. The highest BCUT2D eigenvalue weighted by atomic mass is 35.5. The Morgan fingerprint density at radius 3 is 1.42 bits per heavy atom. The minimum absolute atomic E-state index is 0.150. The molecular weight excluding hydrogens is 371 g/mol. The van der Waals surface area contributed by atoms with Crippen LogP contribution < -0.4 is 10.6 Å². The first-order chi connectivity index (χ1) is 12.6. The molecule has 0 saturated heterocycles. The maximum atomic E-state index is 12.0. The van der Waals surface area contributed by atoms with Crippen LogP contribution in [0.3, 0.4) is 0 Å². The molecule has 2 aromatic carbocycles. The van der Waals surface area contributed by atoms with Crippen LogP contribution in [0.15, 0.2) is 48.5 Å². The average molecular weight is 393 g/mol. The van der Waals surface area contributed by atoms with Crippen LogP contribution in [0.5, 0.6) is 0 Å². The van der Waals surface area contributed by atoms with E-state index in [9.17, 15) is 9.59 Å². The van der Waals surface area contributed by atoms with E-state index in [4.69, 9.17) is 23.2 Å². The fourth-order valence-corrected chi connectivity index (χ4v) is 2.93. The van der Waals surface area contributed by atoms with E-state index in [-0.39, 0.29) is 11.8 Å². The molecular formula is C20H22Cl2N2O2. The molecule has 26 heavy (non-hydrogen) atoms. The smallest absolute Gasteiger partial charge is 0.252 e. The molecule has 2 aromatic rings. The molecule has 0 fully saturated rings. The molecule has 2 N–H and O–H groups in total. The molecule has 138 valence electrons. The molecule has 0 heterocycles. The zero-order valence-corrected chi connectivity index (χ0v) is 15.9. The fraction of sp³-hybridized carbons (Fsp3) is 0.300. The summed E-state index contributed by atoms with van der Waals surface area (Å²) in [5.41, 5.74) is 0.993. The number of unbranched alkanes of at least 4 members (excludes halogenated alkanes) is 3. The van der Waals surface area contributed by atoms with Crippen molar-refractivity contribution in [2.24, 2.45) is 0 Å². The molecule has 4 nitrogen and oxygen atoms in total. The van der Waals surface area contributed by atoms with Gasteiger partial charge in [-0.3, -0.25) is 9.59 Å². The summed E-state index contributed by atoms with van der Waals surface area (Å²) in [6, 6.07) is 14.0. The van der Waals surface area contributed by atoms with E-state index >= 15 is 0 Å². The van der Waals surface area contributed by atoms with E-state index in [0.717, 1.165) is 25.7 Å². The van der Waals surface area contributed by atoms with Crippen LogP contribution in [0.2, 0.25) is 10.0 Å². The number of hydrogen-bond donors (Lipinski definition) is 2. The zero-order chi connectivity index (χ0) is 18.8. The van der Waals surface area contributed by atoms with Crippen molar-refractivity contribution >= 4 is 35.0 Å². The van der Waals surface area contributed by atoms with Crippen molar-refractivity contribution in [1.82, 2.24) is 10.6 Å². The molecule has 0 spiro atoms. The molecule has 0 atom stereocenters. The normalized spacial score (nSPS) is 10.4. The van der Waals surface area contributed by atoms with Crippen LogP contribution in [0.4, 0.5) is 0 Å². The molecule has 0 radical (unpaired) electrons. The zero-order valence-electron chi connectivity index (χ0n) is 14.4. The standard InChI is InChI=1S/C20H22Cl2N2O2/c21-17-11-5-3-9-15(17)19(25)23-13-7-1-2-8-14-24-20(26)16-10-4-6-12-18(16)22/h3-6,9-12H,1-2,7-8,13-14H2,(H,23,25)(H,24,26). The van der Waals surface area contributed by atoms with E-state index in [1.807, 2.05) is 0 Å². The summed E-state index contributed by atoms with van der Waals surface area (Å²) in [6.07, 6.45) is 3.72. The highest BCUT2D eigenvalue weighted by Crippen LogP contribution is 2.15. The summed E-state index contributed by atoms with van der Waals surface area (Å²) in [7, 11) is 0. The van der Waals surface area contributed by atoms with Crippen molar-refractivity contribution in [3.8, 4) is 0 Å². The van der Waals surface area contributed by atoms with Crippen molar-refractivity contribution < 1.29 is 9.59 Å². The molecule has 0 bridgehead atoms. The Kier molecular flexibility index (Phi) is 8.45. The molecule has 0 aliphatic carbocycles. The highest BCUT2D eigenvalue weighted by molar-refractivity contribution is 6.34. The van der Waals surface area contributed by atoms with Crippen LogP contribution in [0, 0.1) is 0 Å². The number of halogens is 2. The second-order valence-electron chi connectivity index (χ2n) is 5.89. The van der Waals surface area contributed by atoms with Gasteiger partial charge in [-0.25, -0.2) is 0 Å². The van der Waals surface area contributed by atoms with Gasteiger partial charge >= 0.3 is 0 Å². The van der Waals surface area contributed by atoms with Gasteiger partial charge in [0.2, 0.25) is 0 Å². The monoisotopic (exact) mass is 392 g/mol. The van der Waals surface area contributed by atoms with E-state index in [0.29, 0.717) is 34.3 Å². The van der Waals surface area contributed by atoms with Gasteiger partial charge in [0.05, 0.1) is 21.2 Å². The second-order valence-corrected chi connectivity index (χ2v) is 6.70. The number of carbonyl (C=O) groups excluding carboxylic acids is 2. The maximum absolute atomic E-state index is 12.0. The highest BCUT2D eigenvalue weighted by Gasteiger charge is 2.09. The van der Waals surface area contributed by atoms with Crippen molar-refractivity contribution in [3.05, 3.63) is 69.7 Å². The number of benzene rings is 2. The van der Waals surface area contributed by atoms with Gasteiger partial charge in [-0.05, 0) is 37.1 Å². The van der Waals surface area contributed by atoms with Gasteiger partial charge in [-0.15, -0.1) is 0 Å². The Morgan fingerprint density at radius 1 is 0.654 bits per heavy atom. The lowest BCUT2D eigenvalue weighted by Gasteiger charge is -2.08. The summed E-state index contributed by atoms with van der Waals surface area (Å²) in [5.74, 6) is -0.301. The molecule has 2 rings (SSSR count). The summed E-state index contributed by atoms with van der Waals surface area (Å²) in [6.45, 7) is 1.21. The Morgan fingerprint density at radius 2 is 1.04 bits per heavy atom. The molecule has 0 aliphatic rings. The van der Waals surface area contributed by atoms with Crippen LogP contribution in [-0.2, 0) is 0 Å². The molecule has 6 heteroatoms. The maximum Gasteiger partial charge on any atom is 0.252 e. The van der Waals surface area contributed by atoms with Crippen LogP contribution >= 0.6 is 23.2 Å². The Hall–Kier alpha value is -2.04. The summed E-state index contributed by atoms with van der Waals surface area (Å²) < 4.78 is 0. The average Bonchev–Trinajstić information content (AvgIpc) is 2.64. The summed E-state index contributed by atoms with van der Waals surface area (Å²) in [5, 5.41) is 6.65. The van der Waals surface area contributed by atoms with E-state index in [2.05, 4.69) is 10.6 Å². The molecule has 0 aromatic heterocycles. The Labute approximate surface area is 163 Å². The quantitative estimate of drug-likeness (QED) is 0.606. The SMILES string of the molecule is O=C(NCCCCCCNC(=O)c1ccccc1Cl)c1ccccc1Cl. The van der Waals surface area contributed by atoms with E-state index in [1.54, 1.807) is 48.5 Å². The predicted octanol–water partition coefficient (Wildman–Crippen LogP) is 4.71. The third kappa shape index (κ3) is 6.36. The molecule has 0 saturated carbocycles. The van der Waals surface area contributed by atoms with E-state index < -0.39 is 0 Å². The number of rotatable bonds is 9. The van der Waals surface area contributed by atoms with Crippen LogP contribution in [0.25, 0.3) is 0 Å². The lowest BCUT2D eigenvalue weighted by molar-refractivity contribution is 0.0943. The number of carbonyl (C=O) groups is 2. The molecule has 0 aliphatic heterocycles. The third-order valence-corrected chi connectivity index (χ3v) is 4.57. The van der Waals surface area contributed by atoms with Crippen molar-refractivity contribution in [2.75, 3.05) is 13.1 Å². The number of hydrogen-bond acceptors (Lipinski definition) is 2. The van der Waals surface area contributed by atoms with Crippen molar-refractivity contribution in [1.29, 1.82) is 0 Å². The second kappa shape index (κ2) is 10.8. The van der Waals surface area contributed by atoms with Gasteiger partial charge < -0.3 is 10.6 Å². The van der Waals surface area contributed by atoms with Gasteiger partial charge in [-0.2, -0.15) is 0 Å². The van der Waals surface area contributed by atoms with E-state index in [1.165, 1.54) is 0 Å². The minimum atomic E-state index is -0.150. The van der Waals surface area contributed by atoms with Crippen LogP contribution in [-0.4, -0.2) is 24.9 Å². The lowest BCUT2D eigenvalue weighted by Crippen LogP contribution is -2.25. The largest absolute Gasteiger partial charge is 0.352 e. The first kappa shape index (κ1) is 20.3. The summed E-state index contributed by atoms with van der Waals surface area (Å²) in [4.78, 5) is 24.0. The lowest BCUT2D eigenvalue weighted by atomic mass is 10.1. The topological polar surface area (TPSA) is 58.2 Å². The van der Waals surface area contributed by atoms with Crippen molar-refractivity contribution in [3.63, 3.8) is 0 Å². The Balaban J connectivity index is 1.55. The Bertz CT molecular complexity index is 687. The fourth-order valence-electron chi connectivity index (χ4n) is 2.49.